The van der Waals surface area contributed by atoms with Gasteiger partial charge in [-0.05, 0) is 53.1 Å². The predicted molar refractivity (Wildman–Crippen MR) is 128 cm³/mol. The monoisotopic (exact) mass is 444 g/mol. The lowest BCUT2D eigenvalue weighted by molar-refractivity contribution is 0.0785. The molecule has 4 rings (SSSR count). The Morgan fingerprint density at radius 2 is 1.56 bits per heavy atom. The minimum Gasteiger partial charge on any atom is -0.337 e. The van der Waals surface area contributed by atoms with Crippen LogP contribution in [0.2, 0.25) is 0 Å². The molecule has 0 aliphatic heterocycles. The molecule has 0 saturated carbocycles. The van der Waals surface area contributed by atoms with Gasteiger partial charge < -0.3 is 4.90 Å². The van der Waals surface area contributed by atoms with Crippen molar-refractivity contribution in [3.8, 4) is 0 Å². The fraction of sp³-hybridized carbons (Fsp3) is 0.115. The highest BCUT2D eigenvalue weighted by Crippen LogP contribution is 2.24. The van der Waals surface area contributed by atoms with Crippen LogP contribution in [0.5, 0.6) is 0 Å². The van der Waals surface area contributed by atoms with Gasteiger partial charge in [0.1, 0.15) is 0 Å². The molecule has 5 nitrogen and oxygen atoms in total. The van der Waals surface area contributed by atoms with E-state index < -0.39 is 10.0 Å². The molecule has 0 radical (unpaired) electrons. The lowest BCUT2D eigenvalue weighted by Gasteiger charge is -2.19. The number of benzene rings is 4. The first-order valence-corrected chi connectivity index (χ1v) is 11.7. The maximum absolute atomic E-state index is 13.1. The number of nitrogens with one attached hydrogen (secondary N) is 1. The maximum Gasteiger partial charge on any atom is 0.261 e. The standard InChI is InChI=1S/C26H24N2O3S/c1-19-15-16-21(17-25(19)27-32(30,31)23-12-4-3-5-13-23)26(29)28(2)18-22-11-8-10-20-9-6-7-14-24(20)22/h3-17,27H,18H2,1-2H3. The first-order valence-electron chi connectivity index (χ1n) is 10.3. The number of anilines is 1. The van der Waals surface area contributed by atoms with Crippen molar-refractivity contribution in [1.82, 2.24) is 4.90 Å². The highest BCUT2D eigenvalue weighted by molar-refractivity contribution is 7.92. The largest absolute Gasteiger partial charge is 0.337 e. The van der Waals surface area contributed by atoms with E-state index in [9.17, 15) is 13.2 Å². The van der Waals surface area contributed by atoms with Crippen molar-refractivity contribution >= 4 is 32.4 Å². The molecule has 6 heteroatoms. The Kier molecular flexibility index (Phi) is 5.97. The van der Waals surface area contributed by atoms with Crippen LogP contribution in [0.3, 0.4) is 0 Å². The fourth-order valence-electron chi connectivity index (χ4n) is 3.65. The van der Waals surface area contributed by atoms with Crippen LogP contribution in [0.15, 0.2) is 95.9 Å². The second-order valence-corrected chi connectivity index (χ2v) is 9.43. The fourth-order valence-corrected chi connectivity index (χ4v) is 4.79. The van der Waals surface area contributed by atoms with Crippen molar-refractivity contribution in [3.05, 3.63) is 108 Å². The number of sulfonamides is 1. The molecule has 32 heavy (non-hydrogen) atoms. The number of nitrogens with zero attached hydrogens (tertiary/aromatic N) is 1. The molecule has 0 bridgehead atoms. The number of carbonyl (C=O) groups excluding carboxylic acids is 1. The van der Waals surface area contributed by atoms with Crippen molar-refractivity contribution in [3.63, 3.8) is 0 Å². The molecule has 0 heterocycles. The molecule has 0 unspecified atom stereocenters. The summed E-state index contributed by atoms with van der Waals surface area (Å²) in [7, 11) is -2.00. The van der Waals surface area contributed by atoms with Gasteiger partial charge in [0.05, 0.1) is 10.6 Å². The number of rotatable bonds is 6. The Bertz CT molecular complexity index is 1380. The van der Waals surface area contributed by atoms with Crippen LogP contribution < -0.4 is 4.72 Å². The van der Waals surface area contributed by atoms with E-state index in [2.05, 4.69) is 4.72 Å². The third-order valence-electron chi connectivity index (χ3n) is 5.42. The average molecular weight is 445 g/mol. The molecule has 4 aromatic carbocycles. The second kappa shape index (κ2) is 8.85. The molecule has 0 spiro atoms. The molecular weight excluding hydrogens is 420 g/mol. The topological polar surface area (TPSA) is 66.5 Å². The quantitative estimate of drug-likeness (QED) is 0.443. The average Bonchev–Trinajstić information content (AvgIpc) is 2.80. The SMILES string of the molecule is Cc1ccc(C(=O)N(C)Cc2cccc3ccccc23)cc1NS(=O)(=O)c1ccccc1. The molecule has 0 aliphatic carbocycles. The predicted octanol–water partition coefficient (Wildman–Crippen LogP) is 5.22. The zero-order chi connectivity index (χ0) is 22.7. The summed E-state index contributed by atoms with van der Waals surface area (Å²) in [6.07, 6.45) is 0. The van der Waals surface area contributed by atoms with Crippen molar-refractivity contribution in [2.45, 2.75) is 18.4 Å². The molecule has 0 aromatic heterocycles. The highest BCUT2D eigenvalue weighted by Gasteiger charge is 2.18. The van der Waals surface area contributed by atoms with Crippen LogP contribution in [0.4, 0.5) is 5.69 Å². The molecule has 4 aromatic rings. The van der Waals surface area contributed by atoms with Gasteiger partial charge in [-0.15, -0.1) is 0 Å². The summed E-state index contributed by atoms with van der Waals surface area (Å²) in [5.74, 6) is -0.182. The van der Waals surface area contributed by atoms with E-state index in [-0.39, 0.29) is 10.8 Å². The lowest BCUT2D eigenvalue weighted by Crippen LogP contribution is -2.26. The Labute approximate surface area is 188 Å². The zero-order valence-corrected chi connectivity index (χ0v) is 18.8. The number of carbonyl (C=O) groups is 1. The highest BCUT2D eigenvalue weighted by atomic mass is 32.2. The molecule has 162 valence electrons. The Morgan fingerprint density at radius 3 is 2.34 bits per heavy atom. The summed E-state index contributed by atoms with van der Waals surface area (Å²) < 4.78 is 28.1. The van der Waals surface area contributed by atoms with Gasteiger partial charge in [0.2, 0.25) is 0 Å². The summed E-state index contributed by atoms with van der Waals surface area (Å²) in [5.41, 5.74) is 2.59. The van der Waals surface area contributed by atoms with E-state index in [0.717, 1.165) is 21.9 Å². The Balaban J connectivity index is 1.58. The van der Waals surface area contributed by atoms with Crippen LogP contribution in [0.1, 0.15) is 21.5 Å². The van der Waals surface area contributed by atoms with Gasteiger partial charge in [0, 0.05) is 19.2 Å². The number of hydrogen-bond donors (Lipinski definition) is 1. The number of fused-ring (bicyclic) bond motifs is 1. The van der Waals surface area contributed by atoms with E-state index in [1.807, 2.05) is 42.5 Å². The van der Waals surface area contributed by atoms with Crippen molar-refractivity contribution in [2.24, 2.45) is 0 Å². The van der Waals surface area contributed by atoms with Gasteiger partial charge >= 0.3 is 0 Å². The second-order valence-electron chi connectivity index (χ2n) is 7.75. The first-order chi connectivity index (χ1) is 15.3. The van der Waals surface area contributed by atoms with Gasteiger partial charge in [-0.3, -0.25) is 9.52 Å². The molecule has 0 atom stereocenters. The van der Waals surface area contributed by atoms with E-state index in [0.29, 0.717) is 17.8 Å². The Morgan fingerprint density at radius 1 is 0.875 bits per heavy atom. The van der Waals surface area contributed by atoms with E-state index >= 15 is 0 Å². The van der Waals surface area contributed by atoms with E-state index in [1.165, 1.54) is 12.1 Å². The van der Waals surface area contributed by atoms with Crippen LogP contribution in [-0.4, -0.2) is 26.3 Å². The van der Waals surface area contributed by atoms with E-state index in [1.54, 1.807) is 55.3 Å². The normalized spacial score (nSPS) is 11.3. The molecule has 1 amide bonds. The number of hydrogen-bond acceptors (Lipinski definition) is 3. The van der Waals surface area contributed by atoms with Crippen molar-refractivity contribution in [1.29, 1.82) is 0 Å². The molecular formula is C26H24N2O3S. The third kappa shape index (κ3) is 4.50. The van der Waals surface area contributed by atoms with Crippen LogP contribution >= 0.6 is 0 Å². The summed E-state index contributed by atoms with van der Waals surface area (Å²) >= 11 is 0. The third-order valence-corrected chi connectivity index (χ3v) is 6.80. The maximum atomic E-state index is 13.1. The molecule has 0 fully saturated rings. The number of amides is 1. The van der Waals surface area contributed by atoms with Crippen molar-refractivity contribution < 1.29 is 13.2 Å². The lowest BCUT2D eigenvalue weighted by atomic mass is 10.0. The smallest absolute Gasteiger partial charge is 0.261 e. The first kappa shape index (κ1) is 21.6. The van der Waals surface area contributed by atoms with Gasteiger partial charge in [-0.25, -0.2) is 8.42 Å². The molecule has 0 saturated heterocycles. The summed E-state index contributed by atoms with van der Waals surface area (Å²) in [4.78, 5) is 14.9. The summed E-state index contributed by atoms with van der Waals surface area (Å²) in [6.45, 7) is 2.25. The minimum atomic E-state index is -3.75. The number of aryl methyl sites for hydroxylation is 1. The van der Waals surface area contributed by atoms with E-state index in [4.69, 9.17) is 0 Å². The van der Waals surface area contributed by atoms with Crippen molar-refractivity contribution in [2.75, 3.05) is 11.8 Å². The van der Waals surface area contributed by atoms with Crippen LogP contribution in [-0.2, 0) is 16.6 Å². The van der Waals surface area contributed by atoms with Crippen LogP contribution in [0, 0.1) is 6.92 Å². The summed E-state index contributed by atoms with van der Waals surface area (Å²) in [6, 6.07) is 27.3. The van der Waals surface area contributed by atoms with Gasteiger partial charge in [0.15, 0.2) is 0 Å². The van der Waals surface area contributed by atoms with Gasteiger partial charge in [-0.1, -0.05) is 66.7 Å². The zero-order valence-electron chi connectivity index (χ0n) is 17.9. The Hall–Kier alpha value is -3.64. The summed E-state index contributed by atoms with van der Waals surface area (Å²) in [5, 5.41) is 2.23. The van der Waals surface area contributed by atoms with Crippen LogP contribution in [0.25, 0.3) is 10.8 Å². The minimum absolute atomic E-state index is 0.171. The molecule has 1 N–H and O–H groups in total. The molecule has 0 aliphatic rings. The van der Waals surface area contributed by atoms with Gasteiger partial charge in [0.25, 0.3) is 15.9 Å². The van der Waals surface area contributed by atoms with Gasteiger partial charge in [-0.2, -0.15) is 0 Å².